The second-order valence-corrected chi connectivity index (χ2v) is 7.77. The summed E-state index contributed by atoms with van der Waals surface area (Å²) in [5.41, 5.74) is -0.282. The maximum absolute atomic E-state index is 12.3. The predicted molar refractivity (Wildman–Crippen MR) is 109 cm³/mol. The van der Waals surface area contributed by atoms with Crippen LogP contribution < -0.4 is 9.47 Å². The molecule has 2 aromatic carbocycles. The highest BCUT2D eigenvalue weighted by atomic mass is 16.5. The Morgan fingerprint density at radius 2 is 1.52 bits per heavy atom. The number of amides is 2. The second-order valence-electron chi connectivity index (χ2n) is 7.77. The Morgan fingerprint density at radius 1 is 0.966 bits per heavy atom. The largest absolute Gasteiger partial charge is 0.491 e. The fraction of sp³-hybridized carbons (Fsp3) is 0.391. The van der Waals surface area contributed by atoms with Gasteiger partial charge >= 0.3 is 0 Å². The first kappa shape index (κ1) is 20.9. The molecule has 1 unspecified atom stereocenters. The number of nitrogens with zero attached hydrogens (tertiary/aromatic N) is 1. The summed E-state index contributed by atoms with van der Waals surface area (Å²) in [7, 11) is 0. The molecule has 1 fully saturated rings. The average molecular weight is 397 g/mol. The van der Waals surface area contributed by atoms with E-state index >= 15 is 0 Å². The SMILES string of the molecule is CCC1(C)CC(=O)N(CC(O)COc2ccc(Oc3ccccc3)cc2)C(=O)C1. The van der Waals surface area contributed by atoms with E-state index in [1.54, 1.807) is 24.3 Å². The number of β-amino-alcohol motifs (C(OH)–C–C–N with tert-alkyl or cyclic N) is 1. The Kier molecular flexibility index (Phi) is 6.54. The van der Waals surface area contributed by atoms with Crippen molar-refractivity contribution < 1.29 is 24.2 Å². The van der Waals surface area contributed by atoms with Crippen molar-refractivity contribution in [2.75, 3.05) is 13.2 Å². The number of benzene rings is 2. The number of hydrogen-bond donors (Lipinski definition) is 1. The summed E-state index contributed by atoms with van der Waals surface area (Å²) >= 11 is 0. The van der Waals surface area contributed by atoms with Gasteiger partial charge in [-0.3, -0.25) is 14.5 Å². The highest BCUT2D eigenvalue weighted by Gasteiger charge is 2.39. The molecule has 1 aliphatic rings. The van der Waals surface area contributed by atoms with Gasteiger partial charge in [0.1, 0.15) is 30.0 Å². The molecule has 1 heterocycles. The van der Waals surface area contributed by atoms with Gasteiger partial charge in [0.05, 0.1) is 6.54 Å². The summed E-state index contributed by atoms with van der Waals surface area (Å²) in [5.74, 6) is 1.53. The van der Waals surface area contributed by atoms with Crippen molar-refractivity contribution in [3.8, 4) is 17.2 Å². The molecule has 0 spiro atoms. The van der Waals surface area contributed by atoms with Gasteiger partial charge in [-0.05, 0) is 48.2 Å². The molecular formula is C23H27NO5. The fourth-order valence-corrected chi connectivity index (χ4v) is 3.26. The van der Waals surface area contributed by atoms with Crippen LogP contribution in [0.3, 0.4) is 0 Å². The number of ether oxygens (including phenoxy) is 2. The van der Waals surface area contributed by atoms with E-state index < -0.39 is 6.10 Å². The Balaban J connectivity index is 1.48. The molecule has 1 saturated heterocycles. The summed E-state index contributed by atoms with van der Waals surface area (Å²) in [6.07, 6.45) is 0.472. The molecular weight excluding hydrogens is 370 g/mol. The molecule has 0 bridgehead atoms. The van der Waals surface area contributed by atoms with Crippen LogP contribution >= 0.6 is 0 Å². The van der Waals surface area contributed by atoms with Crippen molar-refractivity contribution >= 4 is 11.8 Å². The van der Waals surface area contributed by atoms with Crippen LogP contribution in [0.5, 0.6) is 17.2 Å². The molecule has 0 saturated carbocycles. The maximum atomic E-state index is 12.3. The average Bonchev–Trinajstić information content (AvgIpc) is 2.71. The Labute approximate surface area is 171 Å². The zero-order valence-corrected chi connectivity index (χ0v) is 16.8. The first-order valence-electron chi connectivity index (χ1n) is 9.85. The van der Waals surface area contributed by atoms with E-state index in [-0.39, 0.29) is 30.4 Å². The molecule has 29 heavy (non-hydrogen) atoms. The topological polar surface area (TPSA) is 76.1 Å². The van der Waals surface area contributed by atoms with Gasteiger partial charge in [-0.1, -0.05) is 32.0 Å². The predicted octanol–water partition coefficient (Wildman–Crippen LogP) is 3.78. The van der Waals surface area contributed by atoms with Crippen LogP contribution in [-0.2, 0) is 9.59 Å². The number of rotatable bonds is 8. The lowest BCUT2D eigenvalue weighted by Gasteiger charge is -2.37. The maximum Gasteiger partial charge on any atom is 0.229 e. The molecule has 2 amide bonds. The monoisotopic (exact) mass is 397 g/mol. The summed E-state index contributed by atoms with van der Waals surface area (Å²) < 4.78 is 11.3. The van der Waals surface area contributed by atoms with E-state index in [4.69, 9.17) is 9.47 Å². The van der Waals surface area contributed by atoms with Gasteiger partial charge < -0.3 is 14.6 Å². The van der Waals surface area contributed by atoms with E-state index in [1.165, 1.54) is 0 Å². The van der Waals surface area contributed by atoms with Crippen LogP contribution in [0.4, 0.5) is 0 Å². The smallest absolute Gasteiger partial charge is 0.229 e. The Morgan fingerprint density at radius 3 is 2.10 bits per heavy atom. The number of imide groups is 1. The van der Waals surface area contributed by atoms with Gasteiger partial charge in [-0.15, -0.1) is 0 Å². The van der Waals surface area contributed by atoms with Crippen LogP contribution in [0.2, 0.25) is 0 Å². The third kappa shape index (κ3) is 5.57. The first-order chi connectivity index (χ1) is 13.9. The fourth-order valence-electron chi connectivity index (χ4n) is 3.26. The van der Waals surface area contributed by atoms with Crippen molar-refractivity contribution in [1.29, 1.82) is 0 Å². The summed E-state index contributed by atoms with van der Waals surface area (Å²) in [4.78, 5) is 25.8. The van der Waals surface area contributed by atoms with E-state index in [1.807, 2.05) is 44.2 Å². The lowest BCUT2D eigenvalue weighted by atomic mass is 9.77. The van der Waals surface area contributed by atoms with Crippen molar-refractivity contribution in [1.82, 2.24) is 4.90 Å². The molecule has 154 valence electrons. The van der Waals surface area contributed by atoms with Crippen molar-refractivity contribution in [3.63, 3.8) is 0 Å². The standard InChI is InChI=1S/C23H27NO5/c1-3-23(2)13-21(26)24(22(27)14-23)15-17(25)16-28-18-9-11-20(12-10-18)29-19-7-5-4-6-8-19/h4-12,17,25H,3,13-16H2,1-2H3. The second kappa shape index (κ2) is 9.09. The molecule has 0 aromatic heterocycles. The minimum atomic E-state index is -0.950. The molecule has 1 N–H and O–H groups in total. The van der Waals surface area contributed by atoms with Gasteiger partial charge in [-0.2, -0.15) is 0 Å². The molecule has 1 aliphatic heterocycles. The van der Waals surface area contributed by atoms with E-state index in [2.05, 4.69) is 0 Å². The van der Waals surface area contributed by atoms with Crippen molar-refractivity contribution in [3.05, 3.63) is 54.6 Å². The molecule has 3 rings (SSSR count). The van der Waals surface area contributed by atoms with E-state index in [0.717, 1.165) is 17.1 Å². The third-order valence-electron chi connectivity index (χ3n) is 5.25. The van der Waals surface area contributed by atoms with Gasteiger partial charge in [0.25, 0.3) is 0 Å². The number of carbonyl (C=O) groups excluding carboxylic acids is 2. The van der Waals surface area contributed by atoms with Crippen LogP contribution in [0.1, 0.15) is 33.1 Å². The lowest BCUT2D eigenvalue weighted by Crippen LogP contribution is -2.50. The number of para-hydroxylation sites is 1. The molecule has 0 radical (unpaired) electrons. The van der Waals surface area contributed by atoms with Gasteiger partial charge in [0.2, 0.25) is 11.8 Å². The number of carbonyl (C=O) groups is 2. The summed E-state index contributed by atoms with van der Waals surface area (Å²) in [6.45, 7) is 3.87. The Bertz CT molecular complexity index is 816. The summed E-state index contributed by atoms with van der Waals surface area (Å²) in [6, 6.07) is 16.5. The highest BCUT2D eigenvalue weighted by molar-refractivity contribution is 5.98. The number of aliphatic hydroxyl groups excluding tert-OH is 1. The van der Waals surface area contributed by atoms with Gasteiger partial charge in [0.15, 0.2) is 0 Å². The lowest BCUT2D eigenvalue weighted by molar-refractivity contribution is -0.155. The van der Waals surface area contributed by atoms with Gasteiger partial charge in [0, 0.05) is 12.8 Å². The van der Waals surface area contributed by atoms with Crippen LogP contribution in [0.15, 0.2) is 54.6 Å². The van der Waals surface area contributed by atoms with Crippen molar-refractivity contribution in [2.24, 2.45) is 5.41 Å². The number of piperidine rings is 1. The molecule has 6 heteroatoms. The summed E-state index contributed by atoms with van der Waals surface area (Å²) in [5, 5.41) is 10.2. The molecule has 2 aromatic rings. The van der Waals surface area contributed by atoms with E-state index in [0.29, 0.717) is 24.3 Å². The zero-order chi connectivity index (χ0) is 20.9. The number of likely N-dealkylation sites (tertiary alicyclic amines) is 1. The molecule has 0 aliphatic carbocycles. The normalized spacial score (nSPS) is 17.1. The first-order valence-corrected chi connectivity index (χ1v) is 9.85. The minimum Gasteiger partial charge on any atom is -0.491 e. The van der Waals surface area contributed by atoms with Crippen LogP contribution in [0.25, 0.3) is 0 Å². The van der Waals surface area contributed by atoms with E-state index in [9.17, 15) is 14.7 Å². The van der Waals surface area contributed by atoms with Gasteiger partial charge in [-0.25, -0.2) is 0 Å². The zero-order valence-electron chi connectivity index (χ0n) is 16.8. The highest BCUT2D eigenvalue weighted by Crippen LogP contribution is 2.35. The number of hydrogen-bond acceptors (Lipinski definition) is 5. The molecule has 6 nitrogen and oxygen atoms in total. The number of aliphatic hydroxyl groups is 1. The minimum absolute atomic E-state index is 0.0129. The van der Waals surface area contributed by atoms with Crippen LogP contribution in [-0.4, -0.2) is 41.1 Å². The van der Waals surface area contributed by atoms with Crippen molar-refractivity contribution in [2.45, 2.75) is 39.2 Å². The third-order valence-corrected chi connectivity index (χ3v) is 5.25. The Hall–Kier alpha value is -2.86. The molecule has 1 atom stereocenters. The van der Waals surface area contributed by atoms with Crippen LogP contribution in [0, 0.1) is 5.41 Å². The quantitative estimate of drug-likeness (QED) is 0.686.